The van der Waals surface area contributed by atoms with Crippen LogP contribution in [0.15, 0.2) is 0 Å². The monoisotopic (exact) mass is 361 g/mol. The third-order valence-corrected chi connectivity index (χ3v) is 5.88. The highest BCUT2D eigenvalue weighted by Gasteiger charge is 2.44. The Morgan fingerprint density at radius 1 is 1.14 bits per heavy atom. The molecule has 1 rings (SSSR count). The summed E-state index contributed by atoms with van der Waals surface area (Å²) in [5.74, 6) is -0.707. The highest BCUT2D eigenvalue weighted by Crippen LogP contribution is 2.23. The van der Waals surface area contributed by atoms with Gasteiger partial charge in [-0.05, 0) is 32.0 Å². The van der Waals surface area contributed by atoms with Crippen LogP contribution < -0.4 is 4.84 Å². The van der Waals surface area contributed by atoms with Crippen LogP contribution in [0.1, 0.15) is 20.3 Å². The molecule has 0 aromatic rings. The van der Waals surface area contributed by atoms with Gasteiger partial charge in [0.15, 0.2) is 9.84 Å². The molecule has 0 amide bonds. The highest BCUT2D eigenvalue weighted by atomic mass is 35.5. The predicted octanol–water partition coefficient (Wildman–Crippen LogP) is -1.84. The zero-order chi connectivity index (χ0) is 17.1. The number of nitrogens with one attached hydrogen (secondary N) is 1. The molecule has 10 heteroatoms. The molecule has 1 aliphatic heterocycles. The quantitative estimate of drug-likeness (QED) is 0.333. The number of halogens is 1. The molecule has 8 nitrogen and oxygen atoms in total. The van der Waals surface area contributed by atoms with Gasteiger partial charge in [-0.1, -0.05) is 0 Å². The van der Waals surface area contributed by atoms with Crippen LogP contribution >= 0.6 is 11.8 Å². The van der Waals surface area contributed by atoms with Crippen LogP contribution in [0.3, 0.4) is 0 Å². The van der Waals surface area contributed by atoms with Crippen LogP contribution in [0.4, 0.5) is 0 Å². The van der Waals surface area contributed by atoms with Gasteiger partial charge in [0.05, 0.1) is 18.1 Å². The average molecular weight is 362 g/mol. The first-order valence-corrected chi connectivity index (χ1v) is 9.11. The molecule has 0 aromatic heterocycles. The van der Waals surface area contributed by atoms with E-state index >= 15 is 0 Å². The molecule has 0 aliphatic carbocycles. The molecule has 132 valence electrons. The first kappa shape index (κ1) is 20.0. The molecule has 0 spiro atoms. The SMILES string of the molecule is CC(C)(CCS(=O)(=O)CC1OC(CO)C(O)C(O)C1O)NCl. The lowest BCUT2D eigenvalue weighted by molar-refractivity contribution is -0.223. The number of sulfone groups is 1. The van der Waals surface area contributed by atoms with Crippen LogP contribution in [0, 0.1) is 0 Å². The summed E-state index contributed by atoms with van der Waals surface area (Å²) < 4.78 is 29.4. The molecule has 0 aromatic carbocycles. The molecule has 0 saturated carbocycles. The van der Waals surface area contributed by atoms with Gasteiger partial charge in [-0.15, -0.1) is 0 Å². The molecule has 5 N–H and O–H groups in total. The van der Waals surface area contributed by atoms with E-state index in [1.54, 1.807) is 13.8 Å². The zero-order valence-corrected chi connectivity index (χ0v) is 14.1. The summed E-state index contributed by atoms with van der Waals surface area (Å²) in [6.07, 6.45) is -6.71. The average Bonchev–Trinajstić information content (AvgIpc) is 2.46. The van der Waals surface area contributed by atoms with Crippen molar-refractivity contribution in [2.75, 3.05) is 18.1 Å². The Hall–Kier alpha value is -0.0000000000000000555. The summed E-state index contributed by atoms with van der Waals surface area (Å²) in [6.45, 7) is 2.89. The van der Waals surface area contributed by atoms with Gasteiger partial charge in [0, 0.05) is 5.54 Å². The fourth-order valence-electron chi connectivity index (χ4n) is 2.11. The van der Waals surface area contributed by atoms with Gasteiger partial charge < -0.3 is 25.2 Å². The topological polar surface area (TPSA) is 136 Å². The normalized spacial score (nSPS) is 33.9. The van der Waals surface area contributed by atoms with E-state index in [-0.39, 0.29) is 12.2 Å². The molecule has 5 atom stereocenters. The lowest BCUT2D eigenvalue weighted by atomic mass is 9.96. The second-order valence-corrected chi connectivity index (χ2v) is 8.63. The lowest BCUT2D eigenvalue weighted by Gasteiger charge is -2.40. The van der Waals surface area contributed by atoms with E-state index in [1.165, 1.54) is 0 Å². The van der Waals surface area contributed by atoms with Crippen LogP contribution in [0.2, 0.25) is 0 Å². The maximum atomic E-state index is 12.1. The van der Waals surface area contributed by atoms with Crippen molar-refractivity contribution in [1.29, 1.82) is 0 Å². The first-order valence-electron chi connectivity index (χ1n) is 6.92. The van der Waals surface area contributed by atoms with Crippen molar-refractivity contribution in [2.45, 2.75) is 56.3 Å². The Labute approximate surface area is 135 Å². The van der Waals surface area contributed by atoms with E-state index in [9.17, 15) is 23.7 Å². The maximum absolute atomic E-state index is 12.1. The molecule has 0 bridgehead atoms. The standard InChI is InChI=1S/C12H24ClNO7S/c1-12(2,14-13)3-4-22(19,20)6-8-10(17)11(18)9(16)7(5-15)21-8/h7-11,14-18H,3-6H2,1-2H3. The van der Waals surface area contributed by atoms with Crippen molar-refractivity contribution in [3.8, 4) is 0 Å². The minimum Gasteiger partial charge on any atom is -0.394 e. The van der Waals surface area contributed by atoms with Crippen molar-refractivity contribution in [3.63, 3.8) is 0 Å². The number of rotatable bonds is 7. The molecule has 5 unspecified atom stereocenters. The molecular weight excluding hydrogens is 338 g/mol. The van der Waals surface area contributed by atoms with Crippen molar-refractivity contribution in [2.24, 2.45) is 0 Å². The summed E-state index contributed by atoms with van der Waals surface area (Å²) in [6, 6.07) is 0. The second kappa shape index (κ2) is 7.71. The van der Waals surface area contributed by atoms with E-state index in [1.807, 2.05) is 0 Å². The predicted molar refractivity (Wildman–Crippen MR) is 80.1 cm³/mol. The van der Waals surface area contributed by atoms with E-state index in [2.05, 4.69) is 4.84 Å². The molecule has 1 saturated heterocycles. The Morgan fingerprint density at radius 2 is 1.68 bits per heavy atom. The molecule has 1 heterocycles. The van der Waals surface area contributed by atoms with Crippen LogP contribution in [-0.2, 0) is 14.6 Å². The van der Waals surface area contributed by atoms with E-state index in [4.69, 9.17) is 21.6 Å². The van der Waals surface area contributed by atoms with Gasteiger partial charge in [-0.3, -0.25) is 0 Å². The van der Waals surface area contributed by atoms with E-state index in [0.717, 1.165) is 0 Å². The molecule has 0 radical (unpaired) electrons. The number of hydrogen-bond acceptors (Lipinski definition) is 8. The largest absolute Gasteiger partial charge is 0.394 e. The second-order valence-electron chi connectivity index (χ2n) is 6.21. The third-order valence-electron chi connectivity index (χ3n) is 3.70. The fraction of sp³-hybridized carbons (Fsp3) is 1.00. The summed E-state index contributed by atoms with van der Waals surface area (Å²) in [5, 5.41) is 38.2. The Kier molecular flexibility index (Phi) is 7.03. The lowest BCUT2D eigenvalue weighted by Crippen LogP contribution is -2.60. The molecule has 1 aliphatic rings. The van der Waals surface area contributed by atoms with Gasteiger partial charge >= 0.3 is 0 Å². The summed E-state index contributed by atoms with van der Waals surface area (Å²) >= 11 is 5.51. The van der Waals surface area contributed by atoms with Gasteiger partial charge in [0.1, 0.15) is 30.5 Å². The smallest absolute Gasteiger partial charge is 0.153 e. The van der Waals surface area contributed by atoms with Gasteiger partial charge in [0.25, 0.3) is 0 Å². The summed E-state index contributed by atoms with van der Waals surface area (Å²) in [4.78, 5) is 2.48. The van der Waals surface area contributed by atoms with Crippen LogP contribution in [0.5, 0.6) is 0 Å². The van der Waals surface area contributed by atoms with Gasteiger partial charge in [-0.2, -0.15) is 0 Å². The van der Waals surface area contributed by atoms with Crippen molar-refractivity contribution in [3.05, 3.63) is 0 Å². The van der Waals surface area contributed by atoms with Crippen LogP contribution in [-0.4, -0.2) is 83.0 Å². The first-order chi connectivity index (χ1) is 10.0. The van der Waals surface area contributed by atoms with Gasteiger partial charge in [-0.25, -0.2) is 13.3 Å². The molecule has 1 fully saturated rings. The molecule has 22 heavy (non-hydrogen) atoms. The number of hydrogen-bond donors (Lipinski definition) is 5. The van der Waals surface area contributed by atoms with Crippen molar-refractivity contribution >= 4 is 21.6 Å². The van der Waals surface area contributed by atoms with Crippen molar-refractivity contribution in [1.82, 2.24) is 4.84 Å². The van der Waals surface area contributed by atoms with E-state index in [0.29, 0.717) is 0 Å². The number of ether oxygens (including phenoxy) is 1. The Bertz CT molecular complexity index is 456. The fourth-order valence-corrected chi connectivity index (χ4v) is 3.97. The minimum atomic E-state index is -3.59. The number of aliphatic hydroxyl groups excluding tert-OH is 4. The third kappa shape index (κ3) is 5.27. The molecular formula is C12H24ClNO7S. The Balaban J connectivity index is 2.71. The zero-order valence-electron chi connectivity index (χ0n) is 12.5. The maximum Gasteiger partial charge on any atom is 0.153 e. The summed E-state index contributed by atoms with van der Waals surface area (Å²) in [7, 11) is -3.59. The number of aliphatic hydroxyl groups is 4. The van der Waals surface area contributed by atoms with Crippen LogP contribution in [0.25, 0.3) is 0 Å². The minimum absolute atomic E-state index is 0.186. The van der Waals surface area contributed by atoms with Gasteiger partial charge in [0.2, 0.25) is 0 Å². The highest BCUT2D eigenvalue weighted by molar-refractivity contribution is 7.91. The summed E-state index contributed by atoms with van der Waals surface area (Å²) in [5.41, 5.74) is -0.579. The van der Waals surface area contributed by atoms with E-state index < -0.39 is 58.3 Å². The Morgan fingerprint density at radius 3 is 2.18 bits per heavy atom. The van der Waals surface area contributed by atoms with Crippen molar-refractivity contribution < 1.29 is 33.6 Å².